The molecule has 1 aromatic carbocycles. The van der Waals surface area contributed by atoms with E-state index < -0.39 is 121 Å². The largest absolute Gasteiger partial charge is 0.460 e. The first-order chi connectivity index (χ1) is 32.0. The van der Waals surface area contributed by atoms with Crippen LogP contribution >= 0.6 is 0 Å². The Hall–Kier alpha value is -3.60. The first-order valence-electron chi connectivity index (χ1n) is 24.1. The molecule has 6 rings (SSSR count). The molecule has 19 heteroatoms. The minimum absolute atomic E-state index is 0.00120. The highest BCUT2D eigenvalue weighted by Gasteiger charge is 2.76. The van der Waals surface area contributed by atoms with Crippen molar-refractivity contribution in [3.05, 3.63) is 41.5 Å². The van der Waals surface area contributed by atoms with E-state index in [0.717, 1.165) is 49.7 Å². The lowest BCUT2D eigenvalue weighted by Crippen LogP contribution is -2.69. The number of aliphatic hydroxyl groups excluding tert-OH is 5. The second-order valence-corrected chi connectivity index (χ2v) is 19.5. The minimum Gasteiger partial charge on any atom is -0.460 e. The molecule has 4 heterocycles. The molecule has 7 N–H and O–H groups in total. The molecule has 0 spiro atoms. The molecule has 4 aliphatic heterocycles. The number of nitrogens with one attached hydrogen (secondary N) is 2. The fourth-order valence-electron chi connectivity index (χ4n) is 9.80. The maximum atomic E-state index is 14.8. The molecule has 376 valence electrons. The highest BCUT2D eigenvalue weighted by Crippen LogP contribution is 2.58. The summed E-state index contributed by atoms with van der Waals surface area (Å²) in [5, 5.41) is 56.9. The van der Waals surface area contributed by atoms with Crippen LogP contribution in [-0.4, -0.2) is 159 Å². The van der Waals surface area contributed by atoms with E-state index in [9.17, 15) is 44.7 Å². The molecule has 1 saturated carbocycles. The predicted molar refractivity (Wildman–Crippen MR) is 239 cm³/mol. The van der Waals surface area contributed by atoms with Crippen LogP contribution in [0.3, 0.4) is 0 Å². The Morgan fingerprint density at radius 1 is 0.940 bits per heavy atom. The molecule has 1 aromatic rings. The van der Waals surface area contributed by atoms with Gasteiger partial charge in [0.05, 0.1) is 32.4 Å². The van der Waals surface area contributed by atoms with Gasteiger partial charge in [0.2, 0.25) is 11.8 Å². The van der Waals surface area contributed by atoms with Crippen molar-refractivity contribution in [3.8, 4) is 0 Å². The number of hydroxylamine groups is 2. The number of carbonyl (C=O) groups is 4. The van der Waals surface area contributed by atoms with Crippen LogP contribution in [0.4, 0.5) is 0 Å². The number of esters is 2. The zero-order chi connectivity index (χ0) is 48.5. The van der Waals surface area contributed by atoms with Crippen LogP contribution in [0.2, 0.25) is 0 Å². The van der Waals surface area contributed by atoms with Gasteiger partial charge in [-0.15, -0.1) is 0 Å². The lowest BCUT2D eigenvalue weighted by molar-refractivity contribution is -0.298. The van der Waals surface area contributed by atoms with Gasteiger partial charge in [-0.25, -0.2) is 0 Å². The molecule has 5 aliphatic rings. The number of fused-ring (bicyclic) bond motifs is 4. The van der Waals surface area contributed by atoms with Crippen molar-refractivity contribution in [3.63, 3.8) is 0 Å². The van der Waals surface area contributed by atoms with Crippen LogP contribution in [0.1, 0.15) is 123 Å². The molecule has 1 aliphatic carbocycles. The summed E-state index contributed by atoms with van der Waals surface area (Å²) in [5.74, 6) is -2.94. The van der Waals surface area contributed by atoms with Crippen LogP contribution in [0.5, 0.6) is 0 Å². The monoisotopic (exact) mass is 947 g/mol. The molecule has 0 aromatic heterocycles. The van der Waals surface area contributed by atoms with Crippen LogP contribution in [0, 0.1) is 5.41 Å². The molecule has 5 fully saturated rings. The fourth-order valence-corrected chi connectivity index (χ4v) is 9.80. The van der Waals surface area contributed by atoms with E-state index in [-0.39, 0.29) is 45.4 Å². The van der Waals surface area contributed by atoms with Crippen LogP contribution < -0.4 is 10.6 Å². The zero-order valence-electron chi connectivity index (χ0n) is 39.5. The zero-order valence-corrected chi connectivity index (χ0v) is 39.5. The number of unbranched alkanes of at least 4 members (excludes halogenated alkanes) is 4. The number of aliphatic hydroxyl groups is 5. The van der Waals surface area contributed by atoms with Gasteiger partial charge in [-0.05, 0) is 51.2 Å². The fraction of sp³-hybridized carbons (Fsp3) is 0.750. The van der Waals surface area contributed by atoms with Crippen molar-refractivity contribution in [1.82, 2.24) is 15.7 Å². The van der Waals surface area contributed by atoms with Gasteiger partial charge in [0, 0.05) is 38.6 Å². The van der Waals surface area contributed by atoms with Gasteiger partial charge in [0.15, 0.2) is 18.1 Å². The second kappa shape index (κ2) is 23.3. The highest BCUT2D eigenvalue weighted by molar-refractivity contribution is 5.94. The molecule has 0 radical (unpaired) electrons. The number of rotatable bonds is 24. The summed E-state index contributed by atoms with van der Waals surface area (Å²) in [6.07, 6.45) is 0.550. The summed E-state index contributed by atoms with van der Waals surface area (Å²) in [4.78, 5) is 61.1. The van der Waals surface area contributed by atoms with Crippen molar-refractivity contribution in [2.75, 3.05) is 26.4 Å². The molecule has 2 amide bonds. The Morgan fingerprint density at radius 2 is 1.63 bits per heavy atom. The van der Waals surface area contributed by atoms with E-state index in [0.29, 0.717) is 12.8 Å². The summed E-state index contributed by atoms with van der Waals surface area (Å²) >= 11 is 0. The maximum absolute atomic E-state index is 14.8. The topological polar surface area (TPSA) is 261 Å². The molecule has 19 nitrogen and oxygen atoms in total. The SMILES string of the molecule is CCCCCC1(CCCCC)O[C@@H]2[C@H](O1)[C@H]1ON(Cc3ccc(C=CCO[C@H]4O[C@H](CO)[C@H](O)[C@H](O)[C@H]4O)cc3)[C@@H]3C(=O)O[C@@H]2C[C@]13C(=O)NCCC(=O)N[C@H](CO)CCC(=O)OC(C)(C)C. The number of nitrogens with zero attached hydrogens (tertiary/aromatic N) is 1. The Balaban J connectivity index is 1.16. The Morgan fingerprint density at radius 3 is 2.27 bits per heavy atom. The smallest absolute Gasteiger partial charge is 0.327 e. The van der Waals surface area contributed by atoms with Gasteiger partial charge < -0.3 is 64.6 Å². The van der Waals surface area contributed by atoms with E-state index in [1.165, 1.54) is 5.06 Å². The predicted octanol–water partition coefficient (Wildman–Crippen LogP) is 2.06. The van der Waals surface area contributed by atoms with Crippen LogP contribution in [0.15, 0.2) is 30.3 Å². The molecule has 67 heavy (non-hydrogen) atoms. The van der Waals surface area contributed by atoms with E-state index >= 15 is 0 Å². The Labute approximate surface area is 392 Å². The van der Waals surface area contributed by atoms with Crippen LogP contribution in [0.25, 0.3) is 6.08 Å². The first kappa shape index (κ1) is 52.8. The molecule has 12 atom stereocenters. The third kappa shape index (κ3) is 12.6. The van der Waals surface area contributed by atoms with Crippen molar-refractivity contribution in [2.24, 2.45) is 5.41 Å². The van der Waals surface area contributed by atoms with Crippen molar-refractivity contribution >= 4 is 29.8 Å². The van der Waals surface area contributed by atoms with E-state index in [1.807, 2.05) is 24.3 Å². The standard InChI is InChI=1S/C48H73N3O16/c1-6-8-10-21-47(22-11-9-7-2)65-39-32-25-48(45(60)49-23-20-34(54)50-31(27-52)18-19-35(55)64-46(3,4)5)41(43(59)62-32)51(67-42(48)40(39)66-47)26-30-16-14-29(15-17-30)13-12-24-61-44-38(58)37(57)36(56)33(28-53)63-44/h12-17,31-33,36-42,44,52-53,56-58H,6-11,18-28H2,1-5H3,(H,49,60)(H,50,54)/t31-,32+,33+,36-,37-,38+,39-,40-,41+,42+,44-,48+/m0/s1. The van der Waals surface area contributed by atoms with Gasteiger partial charge >= 0.3 is 11.9 Å². The van der Waals surface area contributed by atoms with Crippen molar-refractivity contribution in [1.29, 1.82) is 0 Å². The summed E-state index contributed by atoms with van der Waals surface area (Å²) in [5.41, 5.74) is -0.587. The number of carbonyl (C=O) groups excluding carboxylic acids is 4. The average Bonchev–Trinajstić information content (AvgIpc) is 3.85. The lowest BCUT2D eigenvalue weighted by Gasteiger charge is -2.48. The Bertz CT molecular complexity index is 1830. The third-order valence-corrected chi connectivity index (χ3v) is 13.2. The maximum Gasteiger partial charge on any atom is 0.327 e. The summed E-state index contributed by atoms with van der Waals surface area (Å²) in [6, 6.07) is 5.53. The van der Waals surface area contributed by atoms with Gasteiger partial charge in [-0.3, -0.25) is 24.0 Å². The quantitative estimate of drug-likeness (QED) is 0.0578. The number of ether oxygens (including phenoxy) is 6. The van der Waals surface area contributed by atoms with Gasteiger partial charge in [-0.2, -0.15) is 5.06 Å². The molecular formula is C48H73N3O16. The van der Waals surface area contributed by atoms with Gasteiger partial charge in [0.25, 0.3) is 0 Å². The molecule has 0 unspecified atom stereocenters. The first-order valence-corrected chi connectivity index (χ1v) is 24.1. The Kier molecular flexibility index (Phi) is 18.4. The van der Waals surface area contributed by atoms with Gasteiger partial charge in [-0.1, -0.05) is 75.9 Å². The van der Waals surface area contributed by atoms with Crippen molar-refractivity contribution in [2.45, 2.75) is 197 Å². The second-order valence-electron chi connectivity index (χ2n) is 19.5. The van der Waals surface area contributed by atoms with E-state index in [4.69, 9.17) is 33.3 Å². The summed E-state index contributed by atoms with van der Waals surface area (Å²) < 4.78 is 36.3. The lowest BCUT2D eigenvalue weighted by atomic mass is 9.62. The number of hydrogen-bond acceptors (Lipinski definition) is 17. The molecular weight excluding hydrogens is 875 g/mol. The van der Waals surface area contributed by atoms with E-state index in [1.54, 1.807) is 32.9 Å². The third-order valence-electron chi connectivity index (χ3n) is 13.2. The van der Waals surface area contributed by atoms with Gasteiger partial charge in [0.1, 0.15) is 59.8 Å². The summed E-state index contributed by atoms with van der Waals surface area (Å²) in [6.45, 7) is 8.57. The normalized spacial score (nSPS) is 31.6. The van der Waals surface area contributed by atoms with Crippen molar-refractivity contribution < 1.29 is 78.0 Å². The number of benzene rings is 1. The number of amides is 2. The average molecular weight is 948 g/mol. The minimum atomic E-state index is -1.55. The van der Waals surface area contributed by atoms with E-state index in [2.05, 4.69) is 24.5 Å². The number of hydrogen-bond donors (Lipinski definition) is 7. The highest BCUT2D eigenvalue weighted by atomic mass is 16.8. The van der Waals surface area contributed by atoms with Crippen LogP contribution in [-0.2, 0) is 59.0 Å². The molecule has 4 saturated heterocycles. The molecule has 2 bridgehead atoms. The summed E-state index contributed by atoms with van der Waals surface area (Å²) in [7, 11) is 0.